The molecular formula is C18H37N3O2. The van der Waals surface area contributed by atoms with E-state index in [0.29, 0.717) is 12.0 Å². The highest BCUT2D eigenvalue weighted by atomic mass is 16.6. The van der Waals surface area contributed by atoms with Crippen molar-refractivity contribution < 1.29 is 9.53 Å². The highest BCUT2D eigenvalue weighted by Crippen LogP contribution is 2.24. The highest BCUT2D eigenvalue weighted by Gasteiger charge is 2.33. The minimum atomic E-state index is -0.431. The van der Waals surface area contributed by atoms with Gasteiger partial charge in [0, 0.05) is 19.1 Å². The highest BCUT2D eigenvalue weighted by molar-refractivity contribution is 5.68. The number of carbonyl (C=O) groups excluding carboxylic acids is 1. The molecule has 1 amide bonds. The number of hydrogen-bond acceptors (Lipinski definition) is 4. The van der Waals surface area contributed by atoms with Crippen LogP contribution in [0.3, 0.4) is 0 Å². The van der Waals surface area contributed by atoms with Crippen molar-refractivity contribution in [3.8, 4) is 0 Å². The molecule has 1 saturated heterocycles. The normalized spacial score (nSPS) is 19.9. The monoisotopic (exact) mass is 327 g/mol. The van der Waals surface area contributed by atoms with E-state index in [1.54, 1.807) is 0 Å². The van der Waals surface area contributed by atoms with Gasteiger partial charge in [0.25, 0.3) is 0 Å². The first-order valence-electron chi connectivity index (χ1n) is 9.31. The van der Waals surface area contributed by atoms with Gasteiger partial charge in [-0.05, 0) is 39.5 Å². The maximum absolute atomic E-state index is 12.1. The molecule has 0 aromatic carbocycles. The second-order valence-corrected chi connectivity index (χ2v) is 7.80. The van der Waals surface area contributed by atoms with E-state index in [9.17, 15) is 4.79 Å². The first kappa shape index (κ1) is 20.2. The van der Waals surface area contributed by atoms with Crippen molar-refractivity contribution >= 4 is 6.09 Å². The van der Waals surface area contributed by atoms with Gasteiger partial charge in [-0.15, -0.1) is 0 Å². The molecule has 0 aromatic rings. The summed E-state index contributed by atoms with van der Waals surface area (Å²) in [6, 6.07) is 0.300. The molecule has 1 rings (SSSR count). The molecule has 0 bridgehead atoms. The number of nitrogens with one attached hydrogen (secondary N) is 1. The molecule has 0 radical (unpaired) electrons. The Balaban J connectivity index is 2.30. The Morgan fingerprint density at radius 2 is 1.91 bits per heavy atom. The van der Waals surface area contributed by atoms with Gasteiger partial charge in [0.05, 0.1) is 0 Å². The van der Waals surface area contributed by atoms with E-state index >= 15 is 0 Å². The number of amides is 1. The number of rotatable bonds is 9. The zero-order valence-electron chi connectivity index (χ0n) is 15.6. The Hall–Kier alpha value is -0.810. The maximum Gasteiger partial charge on any atom is 0.410 e. The SMILES string of the molecule is CCCCCCCCC(NN)C1CCN(C(=O)OC(C)(C)C)C1. The fraction of sp³-hybridized carbons (Fsp3) is 0.944. The van der Waals surface area contributed by atoms with Crippen LogP contribution in [-0.4, -0.2) is 35.7 Å². The molecule has 23 heavy (non-hydrogen) atoms. The van der Waals surface area contributed by atoms with Gasteiger partial charge in [0.15, 0.2) is 0 Å². The zero-order valence-corrected chi connectivity index (χ0v) is 15.6. The maximum atomic E-state index is 12.1. The lowest BCUT2D eigenvalue weighted by Gasteiger charge is -2.26. The Bertz CT molecular complexity index is 342. The van der Waals surface area contributed by atoms with Crippen LogP contribution in [-0.2, 0) is 4.74 Å². The molecule has 2 unspecified atom stereocenters. The number of hydrazine groups is 1. The largest absolute Gasteiger partial charge is 0.444 e. The summed E-state index contributed by atoms with van der Waals surface area (Å²) in [6.45, 7) is 9.47. The Kier molecular flexibility index (Phi) is 8.92. The Labute approximate surface area is 142 Å². The minimum Gasteiger partial charge on any atom is -0.444 e. The zero-order chi connectivity index (χ0) is 17.3. The number of hydrogen-bond donors (Lipinski definition) is 2. The van der Waals surface area contributed by atoms with Gasteiger partial charge in [-0.2, -0.15) is 0 Å². The second kappa shape index (κ2) is 10.1. The molecule has 2 atom stereocenters. The predicted molar refractivity (Wildman–Crippen MR) is 95.0 cm³/mol. The van der Waals surface area contributed by atoms with E-state index in [1.165, 1.54) is 38.5 Å². The van der Waals surface area contributed by atoms with Gasteiger partial charge in [0.2, 0.25) is 0 Å². The molecule has 1 aliphatic rings. The van der Waals surface area contributed by atoms with Crippen LogP contribution in [0.5, 0.6) is 0 Å². The van der Waals surface area contributed by atoms with Crippen LogP contribution in [0.1, 0.15) is 79.1 Å². The van der Waals surface area contributed by atoms with Gasteiger partial charge in [-0.1, -0.05) is 45.4 Å². The number of ether oxygens (including phenoxy) is 1. The number of likely N-dealkylation sites (tertiary alicyclic amines) is 1. The molecule has 0 aromatic heterocycles. The van der Waals surface area contributed by atoms with Crippen LogP contribution in [0.15, 0.2) is 0 Å². The van der Waals surface area contributed by atoms with Crippen molar-refractivity contribution in [3.63, 3.8) is 0 Å². The number of carbonyl (C=O) groups is 1. The van der Waals surface area contributed by atoms with Crippen molar-refractivity contribution in [2.75, 3.05) is 13.1 Å². The van der Waals surface area contributed by atoms with Crippen LogP contribution in [0, 0.1) is 5.92 Å². The summed E-state index contributed by atoms with van der Waals surface area (Å²) < 4.78 is 5.45. The molecule has 136 valence electrons. The molecule has 3 N–H and O–H groups in total. The summed E-state index contributed by atoms with van der Waals surface area (Å²) in [4.78, 5) is 14.0. The predicted octanol–water partition coefficient (Wildman–Crippen LogP) is 3.83. The summed E-state index contributed by atoms with van der Waals surface area (Å²) in [5.74, 6) is 6.19. The van der Waals surface area contributed by atoms with Crippen LogP contribution in [0.25, 0.3) is 0 Å². The third-order valence-electron chi connectivity index (χ3n) is 4.53. The van der Waals surface area contributed by atoms with E-state index in [1.807, 2.05) is 25.7 Å². The fourth-order valence-electron chi connectivity index (χ4n) is 3.21. The number of unbranched alkanes of at least 4 members (excludes halogenated alkanes) is 5. The average molecular weight is 328 g/mol. The molecule has 1 fully saturated rings. The standard InChI is InChI=1S/C18H37N3O2/c1-5-6-7-8-9-10-11-16(20-19)15-12-13-21(14-15)17(22)23-18(2,3)4/h15-16,20H,5-14,19H2,1-4H3. The van der Waals surface area contributed by atoms with Gasteiger partial charge in [-0.3, -0.25) is 11.3 Å². The lowest BCUT2D eigenvalue weighted by Crippen LogP contribution is -2.43. The summed E-state index contributed by atoms with van der Waals surface area (Å²) >= 11 is 0. The number of nitrogens with two attached hydrogens (primary N) is 1. The molecule has 1 heterocycles. The third-order valence-corrected chi connectivity index (χ3v) is 4.53. The lowest BCUT2D eigenvalue weighted by atomic mass is 9.94. The van der Waals surface area contributed by atoms with Gasteiger partial charge in [0.1, 0.15) is 5.60 Å². The smallest absolute Gasteiger partial charge is 0.410 e. The van der Waals surface area contributed by atoms with Crippen molar-refractivity contribution in [2.45, 2.75) is 90.7 Å². The first-order valence-corrected chi connectivity index (χ1v) is 9.31. The summed E-state index contributed by atoms with van der Waals surface area (Å²) in [5, 5.41) is 0. The van der Waals surface area contributed by atoms with Crippen molar-refractivity contribution in [3.05, 3.63) is 0 Å². The van der Waals surface area contributed by atoms with E-state index in [0.717, 1.165) is 25.9 Å². The fourth-order valence-corrected chi connectivity index (χ4v) is 3.21. The molecular weight excluding hydrogens is 290 g/mol. The molecule has 5 nitrogen and oxygen atoms in total. The van der Waals surface area contributed by atoms with Crippen LogP contribution in [0.2, 0.25) is 0 Å². The van der Waals surface area contributed by atoms with Crippen LogP contribution < -0.4 is 11.3 Å². The van der Waals surface area contributed by atoms with Crippen molar-refractivity contribution in [1.82, 2.24) is 10.3 Å². The van der Waals surface area contributed by atoms with E-state index < -0.39 is 5.60 Å². The topological polar surface area (TPSA) is 67.6 Å². The van der Waals surface area contributed by atoms with Gasteiger partial charge in [-0.25, -0.2) is 4.79 Å². The lowest BCUT2D eigenvalue weighted by molar-refractivity contribution is 0.0285. The quantitative estimate of drug-likeness (QED) is 0.384. The minimum absolute atomic E-state index is 0.199. The summed E-state index contributed by atoms with van der Waals surface area (Å²) in [6.07, 6.45) is 9.67. The van der Waals surface area contributed by atoms with Crippen molar-refractivity contribution in [2.24, 2.45) is 11.8 Å². The van der Waals surface area contributed by atoms with Crippen LogP contribution in [0.4, 0.5) is 4.79 Å². The van der Waals surface area contributed by atoms with Crippen molar-refractivity contribution in [1.29, 1.82) is 0 Å². The Morgan fingerprint density at radius 1 is 1.26 bits per heavy atom. The first-order chi connectivity index (χ1) is 10.9. The Morgan fingerprint density at radius 3 is 2.52 bits per heavy atom. The van der Waals surface area contributed by atoms with Gasteiger partial charge < -0.3 is 9.64 Å². The van der Waals surface area contributed by atoms with E-state index in [-0.39, 0.29) is 6.09 Å². The molecule has 1 aliphatic heterocycles. The summed E-state index contributed by atoms with van der Waals surface area (Å²) in [7, 11) is 0. The van der Waals surface area contributed by atoms with Crippen LogP contribution >= 0.6 is 0 Å². The number of nitrogens with zero attached hydrogens (tertiary/aromatic N) is 1. The molecule has 0 saturated carbocycles. The molecule has 0 aliphatic carbocycles. The van der Waals surface area contributed by atoms with Gasteiger partial charge >= 0.3 is 6.09 Å². The molecule has 5 heteroatoms. The average Bonchev–Trinajstić information content (AvgIpc) is 2.94. The van der Waals surface area contributed by atoms with E-state index in [2.05, 4.69) is 12.3 Å². The second-order valence-electron chi connectivity index (χ2n) is 7.80. The summed E-state index contributed by atoms with van der Waals surface area (Å²) in [5.41, 5.74) is 2.54. The third kappa shape index (κ3) is 8.02. The molecule has 0 spiro atoms. The van der Waals surface area contributed by atoms with E-state index in [4.69, 9.17) is 10.6 Å².